The molecule has 1 fully saturated rings. The Morgan fingerprint density at radius 2 is 1.92 bits per heavy atom. The maximum absolute atomic E-state index is 12.3. The van der Waals surface area contributed by atoms with Crippen LogP contribution in [0.3, 0.4) is 0 Å². The zero-order valence-corrected chi connectivity index (χ0v) is 16.3. The molecule has 1 saturated heterocycles. The highest BCUT2D eigenvalue weighted by Crippen LogP contribution is 2.22. The van der Waals surface area contributed by atoms with E-state index in [0.717, 1.165) is 25.8 Å². The van der Waals surface area contributed by atoms with Gasteiger partial charge in [0.2, 0.25) is 10.0 Å². The van der Waals surface area contributed by atoms with E-state index in [4.69, 9.17) is 11.6 Å². The van der Waals surface area contributed by atoms with Crippen molar-refractivity contribution in [3.05, 3.63) is 65.2 Å². The Morgan fingerprint density at radius 1 is 1.12 bits per heavy atom. The molecule has 1 aliphatic heterocycles. The molecule has 0 spiro atoms. The smallest absolute Gasteiger partial charge is 0.240 e. The molecule has 0 aromatic heterocycles. The van der Waals surface area contributed by atoms with E-state index in [9.17, 15) is 8.42 Å². The summed E-state index contributed by atoms with van der Waals surface area (Å²) in [6.07, 6.45) is 4.12. The van der Waals surface area contributed by atoms with Gasteiger partial charge in [0.15, 0.2) is 0 Å². The summed E-state index contributed by atoms with van der Waals surface area (Å²) in [6, 6.07) is 17.2. The number of hydrogen-bond donors (Lipinski definition) is 2. The lowest BCUT2D eigenvalue weighted by Gasteiger charge is -2.30. The lowest BCUT2D eigenvalue weighted by Crippen LogP contribution is -2.41. The molecule has 2 aromatic rings. The molecule has 26 heavy (non-hydrogen) atoms. The first-order valence-electron chi connectivity index (χ1n) is 9.05. The summed E-state index contributed by atoms with van der Waals surface area (Å²) in [5.74, 6) is 0.646. The molecular formula is C20H25ClN2O2S. The van der Waals surface area contributed by atoms with Gasteiger partial charge in [-0.25, -0.2) is 13.1 Å². The normalized spacial score (nSPS) is 20.8. The van der Waals surface area contributed by atoms with Gasteiger partial charge in [-0.15, -0.1) is 0 Å². The molecular weight excluding hydrogens is 368 g/mol. The molecule has 0 aliphatic carbocycles. The molecule has 2 atom stereocenters. The van der Waals surface area contributed by atoms with Crippen LogP contribution in [0, 0.1) is 5.92 Å². The number of nitrogens with one attached hydrogen (secondary N) is 2. The van der Waals surface area contributed by atoms with E-state index in [1.54, 1.807) is 18.2 Å². The Hall–Kier alpha value is -1.40. The largest absolute Gasteiger partial charge is 0.314 e. The van der Waals surface area contributed by atoms with Crippen LogP contribution >= 0.6 is 11.6 Å². The average molecular weight is 393 g/mol. The van der Waals surface area contributed by atoms with E-state index >= 15 is 0 Å². The van der Waals surface area contributed by atoms with Crippen LogP contribution in [0.25, 0.3) is 0 Å². The Bertz CT molecular complexity index is 812. The third-order valence-electron chi connectivity index (χ3n) is 4.86. The number of piperidine rings is 1. The molecule has 4 nitrogen and oxygen atoms in total. The van der Waals surface area contributed by atoms with Crippen LogP contribution in [0.4, 0.5) is 0 Å². The molecule has 1 heterocycles. The van der Waals surface area contributed by atoms with Crippen molar-refractivity contribution in [2.75, 3.05) is 13.1 Å². The highest BCUT2D eigenvalue weighted by molar-refractivity contribution is 7.89. The van der Waals surface area contributed by atoms with Crippen molar-refractivity contribution in [1.29, 1.82) is 0 Å². The fraction of sp³-hybridized carbons (Fsp3) is 0.400. The second kappa shape index (κ2) is 9.00. The van der Waals surface area contributed by atoms with Gasteiger partial charge >= 0.3 is 0 Å². The molecule has 0 amide bonds. The molecule has 1 aliphatic rings. The Kier molecular flexibility index (Phi) is 6.70. The number of hydrogen-bond acceptors (Lipinski definition) is 3. The lowest BCUT2D eigenvalue weighted by atomic mass is 9.86. The Balaban J connectivity index is 1.48. The van der Waals surface area contributed by atoms with Gasteiger partial charge in [0, 0.05) is 17.6 Å². The van der Waals surface area contributed by atoms with Gasteiger partial charge in [0.05, 0.1) is 4.90 Å². The molecule has 0 bridgehead atoms. The molecule has 0 radical (unpaired) electrons. The van der Waals surface area contributed by atoms with Crippen LogP contribution in [-0.2, 0) is 16.4 Å². The predicted octanol–water partition coefficient (Wildman–Crippen LogP) is 3.62. The zero-order valence-electron chi connectivity index (χ0n) is 14.7. The second-order valence-electron chi connectivity index (χ2n) is 6.87. The monoisotopic (exact) mass is 392 g/mol. The van der Waals surface area contributed by atoms with Gasteiger partial charge in [-0.2, -0.15) is 0 Å². The van der Waals surface area contributed by atoms with Crippen LogP contribution in [0.15, 0.2) is 59.5 Å². The van der Waals surface area contributed by atoms with Gasteiger partial charge in [-0.3, -0.25) is 0 Å². The van der Waals surface area contributed by atoms with Crippen LogP contribution in [0.2, 0.25) is 5.02 Å². The quantitative estimate of drug-likeness (QED) is 0.756. The lowest BCUT2D eigenvalue weighted by molar-refractivity contribution is 0.290. The van der Waals surface area contributed by atoms with Crippen molar-refractivity contribution in [3.63, 3.8) is 0 Å². The molecule has 2 aromatic carbocycles. The van der Waals surface area contributed by atoms with E-state index < -0.39 is 10.0 Å². The number of sulfonamides is 1. The van der Waals surface area contributed by atoms with Crippen molar-refractivity contribution in [2.45, 2.75) is 36.6 Å². The predicted molar refractivity (Wildman–Crippen MR) is 106 cm³/mol. The van der Waals surface area contributed by atoms with Crippen LogP contribution in [-0.4, -0.2) is 27.5 Å². The summed E-state index contributed by atoms with van der Waals surface area (Å²) >= 11 is 5.89. The summed E-state index contributed by atoms with van der Waals surface area (Å²) < 4.78 is 27.4. The molecule has 3 rings (SSSR count). The van der Waals surface area contributed by atoms with Gasteiger partial charge in [0.1, 0.15) is 0 Å². The van der Waals surface area contributed by atoms with E-state index in [0.29, 0.717) is 23.5 Å². The van der Waals surface area contributed by atoms with Gasteiger partial charge in [0.25, 0.3) is 0 Å². The number of rotatable bonds is 7. The van der Waals surface area contributed by atoms with Gasteiger partial charge < -0.3 is 5.32 Å². The van der Waals surface area contributed by atoms with Crippen molar-refractivity contribution in [1.82, 2.24) is 10.0 Å². The summed E-state index contributed by atoms with van der Waals surface area (Å²) in [4.78, 5) is 0.212. The third-order valence-corrected chi connectivity index (χ3v) is 6.56. The first-order valence-corrected chi connectivity index (χ1v) is 10.9. The highest BCUT2D eigenvalue weighted by Gasteiger charge is 2.22. The van der Waals surface area contributed by atoms with Crippen molar-refractivity contribution >= 4 is 21.6 Å². The third kappa shape index (κ3) is 5.55. The number of benzene rings is 2. The highest BCUT2D eigenvalue weighted by atomic mass is 35.5. The van der Waals surface area contributed by atoms with E-state index in [2.05, 4.69) is 34.3 Å². The Morgan fingerprint density at radius 3 is 2.69 bits per heavy atom. The van der Waals surface area contributed by atoms with Crippen molar-refractivity contribution < 1.29 is 8.42 Å². The maximum Gasteiger partial charge on any atom is 0.240 e. The molecule has 2 N–H and O–H groups in total. The topological polar surface area (TPSA) is 58.2 Å². The first kappa shape index (κ1) is 19.4. The van der Waals surface area contributed by atoms with Crippen molar-refractivity contribution in [2.24, 2.45) is 5.92 Å². The molecule has 0 saturated carbocycles. The Labute approximate surface area is 161 Å². The molecule has 140 valence electrons. The fourth-order valence-electron chi connectivity index (χ4n) is 3.53. The minimum atomic E-state index is -3.51. The SMILES string of the molecule is O=S(=O)(NCC[C@@H]1C[C@@H](Cc2ccccc2)CCN1)c1cccc(Cl)c1. The van der Waals surface area contributed by atoms with Crippen LogP contribution in [0.5, 0.6) is 0 Å². The fourth-order valence-corrected chi connectivity index (χ4v) is 4.88. The molecule has 6 heteroatoms. The summed E-state index contributed by atoms with van der Waals surface area (Å²) in [6.45, 7) is 1.41. The van der Waals surface area contributed by atoms with Gasteiger partial charge in [-0.05, 0) is 61.9 Å². The van der Waals surface area contributed by atoms with Gasteiger partial charge in [-0.1, -0.05) is 48.0 Å². The second-order valence-corrected chi connectivity index (χ2v) is 9.08. The minimum absolute atomic E-state index is 0.212. The summed E-state index contributed by atoms with van der Waals surface area (Å²) in [5.41, 5.74) is 1.37. The first-order chi connectivity index (χ1) is 12.5. The summed E-state index contributed by atoms with van der Waals surface area (Å²) in [5, 5.41) is 3.94. The minimum Gasteiger partial charge on any atom is -0.314 e. The van der Waals surface area contributed by atoms with E-state index in [1.807, 2.05) is 6.07 Å². The van der Waals surface area contributed by atoms with Crippen LogP contribution < -0.4 is 10.0 Å². The van der Waals surface area contributed by atoms with Crippen LogP contribution in [0.1, 0.15) is 24.8 Å². The molecule has 0 unspecified atom stereocenters. The summed E-state index contributed by atoms with van der Waals surface area (Å²) in [7, 11) is -3.51. The average Bonchev–Trinajstić information content (AvgIpc) is 2.63. The zero-order chi connectivity index (χ0) is 18.4. The number of halogens is 1. The maximum atomic E-state index is 12.3. The van der Waals surface area contributed by atoms with E-state index in [-0.39, 0.29) is 4.90 Å². The van der Waals surface area contributed by atoms with E-state index in [1.165, 1.54) is 18.1 Å². The standard InChI is InChI=1S/C20H25ClN2O2S/c21-18-7-4-8-20(15-18)26(24,25)23-12-10-19-14-17(9-11-22-19)13-16-5-2-1-3-6-16/h1-8,15,17,19,22-23H,9-14H2/t17-,19-/m1/s1. The van der Waals surface area contributed by atoms with Crippen molar-refractivity contribution in [3.8, 4) is 0 Å².